The van der Waals surface area contributed by atoms with Gasteiger partial charge >= 0.3 is 6.03 Å². The number of methoxy groups -OCH3 is 1. The second kappa shape index (κ2) is 29.3. The van der Waals surface area contributed by atoms with Crippen LogP contribution < -0.4 is 17.2 Å². The first-order valence-corrected chi connectivity index (χ1v) is 4.18. The summed E-state index contributed by atoms with van der Waals surface area (Å²) < 4.78 is 4.25. The lowest BCUT2D eigenvalue weighted by Crippen LogP contribution is -2.18. The van der Waals surface area contributed by atoms with Crippen LogP contribution in [0.15, 0.2) is 25.4 Å². The molecule has 0 aliphatic rings. The lowest BCUT2D eigenvalue weighted by molar-refractivity contribution is -0.0979. The normalized spacial score (nSPS) is 6.11. The van der Waals surface area contributed by atoms with E-state index in [0.717, 1.165) is 0 Å². The highest BCUT2D eigenvalue weighted by molar-refractivity contribution is 5.69. The SMILES string of the molecule is C=C.C=O.COC.NC(N)=O.Nc1ccnnn1. The first kappa shape index (κ1) is 24.6. The molecule has 18 heavy (non-hydrogen) atoms. The van der Waals surface area contributed by atoms with Crippen molar-refractivity contribution in [3.8, 4) is 0 Å². The molecule has 0 aliphatic heterocycles. The predicted octanol–water partition coefficient (Wildman–Crippen LogP) is -0.642. The van der Waals surface area contributed by atoms with Crippen LogP contribution in [0.3, 0.4) is 0 Å². The predicted molar refractivity (Wildman–Crippen MR) is 69.3 cm³/mol. The Balaban J connectivity index is -0.0000000776. The van der Waals surface area contributed by atoms with E-state index in [-0.39, 0.29) is 0 Å². The number of nitrogens with two attached hydrogens (primary N) is 3. The summed E-state index contributed by atoms with van der Waals surface area (Å²) >= 11 is 0. The fraction of sp³-hybridized carbons (Fsp3) is 0.222. The third-order valence-electron chi connectivity index (χ3n) is 0.524. The van der Waals surface area contributed by atoms with E-state index in [9.17, 15) is 0 Å². The van der Waals surface area contributed by atoms with Crippen molar-refractivity contribution < 1.29 is 14.3 Å². The van der Waals surface area contributed by atoms with Gasteiger partial charge in [-0.1, -0.05) is 0 Å². The summed E-state index contributed by atoms with van der Waals surface area (Å²) in [6.07, 6.45) is 1.49. The zero-order valence-corrected chi connectivity index (χ0v) is 10.6. The third-order valence-corrected chi connectivity index (χ3v) is 0.524. The first-order chi connectivity index (χ1) is 8.54. The molecule has 0 atom stereocenters. The van der Waals surface area contributed by atoms with Crippen LogP contribution >= 0.6 is 0 Å². The molecule has 9 heteroatoms. The topological polar surface area (TPSA) is 160 Å². The van der Waals surface area contributed by atoms with Crippen molar-refractivity contribution >= 4 is 18.6 Å². The van der Waals surface area contributed by atoms with Crippen LogP contribution in [0.1, 0.15) is 0 Å². The van der Waals surface area contributed by atoms with Gasteiger partial charge in [0, 0.05) is 20.3 Å². The number of hydrogen-bond donors (Lipinski definition) is 3. The number of rotatable bonds is 0. The average molecular weight is 260 g/mol. The number of urea groups is 1. The number of carbonyl (C=O) groups excluding carboxylic acids is 2. The van der Waals surface area contributed by atoms with Crippen molar-refractivity contribution in [3.63, 3.8) is 0 Å². The molecule has 0 saturated carbocycles. The lowest BCUT2D eigenvalue weighted by Gasteiger charge is -1.80. The molecule has 0 fully saturated rings. The molecule has 1 rings (SSSR count). The third kappa shape index (κ3) is 70.2. The van der Waals surface area contributed by atoms with Crippen LogP contribution in [0.2, 0.25) is 0 Å². The van der Waals surface area contributed by atoms with Gasteiger partial charge in [0.15, 0.2) is 0 Å². The summed E-state index contributed by atoms with van der Waals surface area (Å²) in [5, 5.41) is 10.1. The van der Waals surface area contributed by atoms with Gasteiger partial charge in [-0.25, -0.2) is 4.79 Å². The van der Waals surface area contributed by atoms with Crippen molar-refractivity contribution in [1.29, 1.82) is 0 Å². The van der Waals surface area contributed by atoms with Crippen molar-refractivity contribution in [2.75, 3.05) is 20.0 Å². The molecular formula is C9H20N6O3. The van der Waals surface area contributed by atoms with Crippen molar-refractivity contribution in [2.45, 2.75) is 0 Å². The molecule has 0 aliphatic carbocycles. The van der Waals surface area contributed by atoms with Crippen LogP contribution in [0.4, 0.5) is 10.6 Å². The average Bonchev–Trinajstić information content (AvgIpc) is 2.35. The highest BCUT2D eigenvalue weighted by Crippen LogP contribution is 1.83. The van der Waals surface area contributed by atoms with Gasteiger partial charge in [0.25, 0.3) is 0 Å². The molecule has 104 valence electrons. The Morgan fingerprint density at radius 1 is 1.28 bits per heavy atom. The Hall–Kier alpha value is -2.55. The molecule has 0 bridgehead atoms. The van der Waals surface area contributed by atoms with E-state index in [1.807, 2.05) is 6.79 Å². The maximum atomic E-state index is 9.00. The lowest BCUT2D eigenvalue weighted by atomic mass is 10.6. The Morgan fingerprint density at radius 2 is 1.61 bits per heavy atom. The summed E-state index contributed by atoms with van der Waals surface area (Å²) in [6, 6.07) is 0.743. The van der Waals surface area contributed by atoms with Gasteiger partial charge in [0.2, 0.25) is 0 Å². The van der Waals surface area contributed by atoms with Crippen molar-refractivity contribution in [2.24, 2.45) is 11.5 Å². The Labute approximate surface area is 106 Å². The second-order valence-corrected chi connectivity index (χ2v) is 1.86. The van der Waals surface area contributed by atoms with Crippen LogP contribution in [-0.2, 0) is 9.53 Å². The molecule has 9 nitrogen and oxygen atoms in total. The molecule has 0 aromatic carbocycles. The second-order valence-electron chi connectivity index (χ2n) is 1.86. The maximum absolute atomic E-state index is 9.00. The number of hydrogen-bond acceptors (Lipinski definition) is 7. The minimum absolute atomic E-state index is 0.398. The number of primary amides is 2. The number of aromatic nitrogens is 3. The van der Waals surface area contributed by atoms with E-state index >= 15 is 0 Å². The Bertz CT molecular complexity index is 254. The molecule has 6 N–H and O–H groups in total. The number of anilines is 1. The Kier molecular flexibility index (Phi) is 40.0. The molecule has 1 heterocycles. The maximum Gasteiger partial charge on any atom is 0.309 e. The summed E-state index contributed by atoms with van der Waals surface area (Å²) in [4.78, 5) is 17.0. The largest absolute Gasteiger partial charge is 0.388 e. The molecular weight excluding hydrogens is 240 g/mol. The van der Waals surface area contributed by atoms with E-state index in [2.05, 4.69) is 44.8 Å². The number of nitrogen functional groups attached to an aromatic ring is 1. The molecule has 1 aromatic heterocycles. The molecule has 0 radical (unpaired) electrons. The fourth-order valence-electron chi connectivity index (χ4n) is 0.250. The van der Waals surface area contributed by atoms with Gasteiger partial charge in [-0.2, -0.15) is 0 Å². The van der Waals surface area contributed by atoms with Gasteiger partial charge in [0.1, 0.15) is 12.6 Å². The zero-order chi connectivity index (χ0) is 15.4. The van der Waals surface area contributed by atoms with E-state index in [4.69, 9.17) is 15.3 Å². The quantitative estimate of drug-likeness (QED) is 0.522. The van der Waals surface area contributed by atoms with Gasteiger partial charge in [0.05, 0.1) is 6.20 Å². The molecule has 1 aromatic rings. The minimum atomic E-state index is -0.833. The number of carbonyl (C=O) groups is 2. The van der Waals surface area contributed by atoms with E-state index < -0.39 is 6.03 Å². The molecule has 0 unspecified atom stereocenters. The summed E-state index contributed by atoms with van der Waals surface area (Å²) in [5.74, 6) is 0.398. The molecule has 2 amide bonds. The van der Waals surface area contributed by atoms with E-state index in [1.54, 1.807) is 20.3 Å². The minimum Gasteiger partial charge on any atom is -0.388 e. The van der Waals surface area contributed by atoms with E-state index in [1.165, 1.54) is 6.20 Å². The van der Waals surface area contributed by atoms with Crippen LogP contribution in [0, 0.1) is 0 Å². The Morgan fingerprint density at radius 3 is 1.72 bits per heavy atom. The van der Waals surface area contributed by atoms with Gasteiger partial charge in [-0.3, -0.25) is 0 Å². The van der Waals surface area contributed by atoms with Crippen LogP contribution in [0.25, 0.3) is 0 Å². The van der Waals surface area contributed by atoms with E-state index in [0.29, 0.717) is 5.82 Å². The molecule has 0 spiro atoms. The van der Waals surface area contributed by atoms with Crippen LogP contribution in [-0.4, -0.2) is 42.5 Å². The van der Waals surface area contributed by atoms with Gasteiger partial charge in [-0.05, 0) is 5.21 Å². The number of nitrogens with zero attached hydrogens (tertiary/aromatic N) is 3. The smallest absolute Gasteiger partial charge is 0.309 e. The zero-order valence-electron chi connectivity index (χ0n) is 10.6. The summed E-state index contributed by atoms with van der Waals surface area (Å²) in [5.41, 5.74) is 13.6. The summed E-state index contributed by atoms with van der Waals surface area (Å²) in [7, 11) is 3.25. The first-order valence-electron chi connectivity index (χ1n) is 4.18. The highest BCUT2D eigenvalue weighted by Gasteiger charge is 1.76. The summed E-state index contributed by atoms with van der Waals surface area (Å²) in [6.45, 7) is 8.00. The fourth-order valence-corrected chi connectivity index (χ4v) is 0.250. The number of ether oxygens (including phenoxy) is 1. The molecule has 0 saturated heterocycles. The van der Waals surface area contributed by atoms with Gasteiger partial charge in [-0.15, -0.1) is 23.4 Å². The highest BCUT2D eigenvalue weighted by atomic mass is 16.4. The monoisotopic (exact) mass is 260 g/mol. The van der Waals surface area contributed by atoms with Gasteiger partial charge < -0.3 is 26.7 Å². The van der Waals surface area contributed by atoms with Crippen molar-refractivity contribution in [1.82, 2.24) is 15.4 Å². The standard InChI is InChI=1S/C3H4N4.C2H6O.C2H4.CH4N2O.CH2O/c4-3-1-2-5-7-6-3;1-3-2;1-2;2-1(3)4;1-2/h1-2H,(H2,4,5,6);1-2H3;1-2H2;(H4,2,3,4);1H2. The number of amides is 2. The van der Waals surface area contributed by atoms with Crippen LogP contribution in [0.5, 0.6) is 0 Å². The van der Waals surface area contributed by atoms with Crippen molar-refractivity contribution in [3.05, 3.63) is 25.4 Å².